The molecule has 0 fully saturated rings. The molecule has 0 radical (unpaired) electrons. The Morgan fingerprint density at radius 3 is 2.61 bits per heavy atom. The lowest BCUT2D eigenvalue weighted by atomic mass is 10.2. The smallest absolute Gasteiger partial charge is 0.0717 e. The first-order valence-electron chi connectivity index (χ1n) is 6.16. The zero-order valence-corrected chi connectivity index (χ0v) is 10.4. The highest BCUT2D eigenvalue weighted by Gasteiger charge is 1.93. The van der Waals surface area contributed by atoms with Crippen molar-refractivity contribution in [3.63, 3.8) is 0 Å². The van der Waals surface area contributed by atoms with Crippen molar-refractivity contribution in [2.24, 2.45) is 0 Å². The lowest BCUT2D eigenvalue weighted by Crippen LogP contribution is -2.19. The van der Waals surface area contributed by atoms with Crippen LogP contribution in [0, 0.1) is 0 Å². The maximum atomic E-state index is 5.58. The van der Waals surface area contributed by atoms with Gasteiger partial charge in [0.2, 0.25) is 0 Å². The average Bonchev–Trinajstić information content (AvgIpc) is 2.45. The molecule has 2 rings (SSSR count). The Morgan fingerprint density at radius 1 is 1.00 bits per heavy atom. The van der Waals surface area contributed by atoms with Gasteiger partial charge in [0.25, 0.3) is 0 Å². The van der Waals surface area contributed by atoms with Crippen LogP contribution < -0.4 is 5.32 Å². The first-order valence-corrected chi connectivity index (χ1v) is 6.16. The predicted octanol–water partition coefficient (Wildman–Crippen LogP) is 2.39. The summed E-state index contributed by atoms with van der Waals surface area (Å²) in [5.41, 5.74) is 2.41. The predicted molar refractivity (Wildman–Crippen MR) is 72.0 cm³/mol. The largest absolute Gasteiger partial charge is 0.375 e. The number of ether oxygens (including phenoxy) is 1. The van der Waals surface area contributed by atoms with Crippen LogP contribution in [0.4, 0.5) is 0 Å². The molecule has 0 spiro atoms. The van der Waals surface area contributed by atoms with E-state index >= 15 is 0 Å². The van der Waals surface area contributed by atoms with Gasteiger partial charge >= 0.3 is 0 Å². The van der Waals surface area contributed by atoms with E-state index in [0.717, 1.165) is 19.7 Å². The minimum atomic E-state index is 0.676. The average molecular weight is 242 g/mol. The van der Waals surface area contributed by atoms with Gasteiger partial charge in [-0.15, -0.1) is 0 Å². The standard InChI is InChI=1S/C15H18N2O/c1-2-5-14(6-3-1)13-18-10-9-17-12-15-7-4-8-16-11-15/h1-8,11,17H,9-10,12-13H2. The monoisotopic (exact) mass is 242 g/mol. The van der Waals surface area contributed by atoms with Gasteiger partial charge in [0.05, 0.1) is 13.2 Å². The Balaban J connectivity index is 1.54. The molecule has 1 N–H and O–H groups in total. The van der Waals surface area contributed by atoms with Gasteiger partial charge in [-0.3, -0.25) is 4.98 Å². The molecular weight excluding hydrogens is 224 g/mol. The highest BCUT2D eigenvalue weighted by Crippen LogP contribution is 1.99. The molecule has 0 aliphatic heterocycles. The summed E-state index contributed by atoms with van der Waals surface area (Å²) in [5, 5.41) is 3.32. The Bertz CT molecular complexity index is 387. The fourth-order valence-corrected chi connectivity index (χ4v) is 1.64. The highest BCUT2D eigenvalue weighted by molar-refractivity contribution is 5.13. The normalized spacial score (nSPS) is 10.4. The molecule has 0 saturated carbocycles. The number of hydrogen-bond donors (Lipinski definition) is 1. The van der Waals surface area contributed by atoms with E-state index in [-0.39, 0.29) is 0 Å². The van der Waals surface area contributed by atoms with Crippen molar-refractivity contribution in [2.75, 3.05) is 13.2 Å². The van der Waals surface area contributed by atoms with Crippen LogP contribution in [0.15, 0.2) is 54.9 Å². The van der Waals surface area contributed by atoms with E-state index in [1.54, 1.807) is 6.20 Å². The first-order chi connectivity index (χ1) is 8.95. The first kappa shape index (κ1) is 12.7. The van der Waals surface area contributed by atoms with Crippen molar-refractivity contribution >= 4 is 0 Å². The van der Waals surface area contributed by atoms with Gasteiger partial charge in [0.15, 0.2) is 0 Å². The summed E-state index contributed by atoms with van der Waals surface area (Å²) in [6.45, 7) is 3.08. The third kappa shape index (κ3) is 4.65. The maximum Gasteiger partial charge on any atom is 0.0717 e. The third-order valence-electron chi connectivity index (χ3n) is 2.59. The quantitative estimate of drug-likeness (QED) is 0.757. The highest BCUT2D eigenvalue weighted by atomic mass is 16.5. The van der Waals surface area contributed by atoms with Crippen molar-refractivity contribution in [3.8, 4) is 0 Å². The molecule has 3 nitrogen and oxygen atoms in total. The molecule has 0 atom stereocenters. The van der Waals surface area contributed by atoms with E-state index in [4.69, 9.17) is 4.74 Å². The van der Waals surface area contributed by atoms with Gasteiger partial charge in [0, 0.05) is 25.5 Å². The van der Waals surface area contributed by atoms with Gasteiger partial charge < -0.3 is 10.1 Å². The second kappa shape index (κ2) is 7.58. The number of hydrogen-bond acceptors (Lipinski definition) is 3. The third-order valence-corrected chi connectivity index (χ3v) is 2.59. The molecule has 2 aromatic rings. The molecule has 0 aliphatic rings. The molecule has 0 aliphatic carbocycles. The van der Waals surface area contributed by atoms with Crippen LogP contribution in [-0.2, 0) is 17.9 Å². The van der Waals surface area contributed by atoms with Crippen LogP contribution in [0.25, 0.3) is 0 Å². The number of pyridine rings is 1. The van der Waals surface area contributed by atoms with Gasteiger partial charge in [0.1, 0.15) is 0 Å². The molecule has 1 aromatic carbocycles. The van der Waals surface area contributed by atoms with Gasteiger partial charge in [-0.1, -0.05) is 36.4 Å². The van der Waals surface area contributed by atoms with Crippen molar-refractivity contribution in [1.82, 2.24) is 10.3 Å². The number of nitrogens with one attached hydrogen (secondary N) is 1. The van der Waals surface area contributed by atoms with Crippen molar-refractivity contribution < 1.29 is 4.74 Å². The fraction of sp³-hybridized carbons (Fsp3) is 0.267. The second-order valence-electron chi connectivity index (χ2n) is 4.08. The zero-order valence-electron chi connectivity index (χ0n) is 10.4. The molecule has 94 valence electrons. The van der Waals surface area contributed by atoms with E-state index in [2.05, 4.69) is 28.5 Å². The number of aromatic nitrogens is 1. The molecule has 0 saturated heterocycles. The summed E-state index contributed by atoms with van der Waals surface area (Å²) in [6, 6.07) is 14.2. The van der Waals surface area contributed by atoms with E-state index in [1.807, 2.05) is 30.5 Å². The number of rotatable bonds is 7. The van der Waals surface area contributed by atoms with Crippen LogP contribution in [0.1, 0.15) is 11.1 Å². The van der Waals surface area contributed by atoms with Crippen molar-refractivity contribution in [3.05, 3.63) is 66.0 Å². The molecule has 3 heteroatoms. The van der Waals surface area contributed by atoms with Crippen LogP contribution in [-0.4, -0.2) is 18.1 Å². The Hall–Kier alpha value is -1.71. The van der Waals surface area contributed by atoms with Gasteiger partial charge in [-0.05, 0) is 17.2 Å². The minimum absolute atomic E-state index is 0.676. The van der Waals surface area contributed by atoms with E-state index in [1.165, 1.54) is 11.1 Å². The summed E-state index contributed by atoms with van der Waals surface area (Å²) >= 11 is 0. The molecular formula is C15H18N2O. The summed E-state index contributed by atoms with van der Waals surface area (Å²) < 4.78 is 5.58. The molecule has 0 amide bonds. The van der Waals surface area contributed by atoms with Gasteiger partial charge in [-0.2, -0.15) is 0 Å². The van der Waals surface area contributed by atoms with E-state index in [9.17, 15) is 0 Å². The topological polar surface area (TPSA) is 34.1 Å². The van der Waals surface area contributed by atoms with E-state index < -0.39 is 0 Å². The molecule has 1 heterocycles. The summed E-state index contributed by atoms with van der Waals surface area (Å²) in [4.78, 5) is 4.07. The SMILES string of the molecule is c1ccc(COCCNCc2cccnc2)cc1. The Morgan fingerprint density at radius 2 is 1.83 bits per heavy atom. The van der Waals surface area contributed by atoms with Crippen molar-refractivity contribution in [2.45, 2.75) is 13.2 Å². The number of benzene rings is 1. The van der Waals surface area contributed by atoms with Crippen LogP contribution >= 0.6 is 0 Å². The molecule has 1 aromatic heterocycles. The maximum absolute atomic E-state index is 5.58. The van der Waals surface area contributed by atoms with Crippen LogP contribution in [0.5, 0.6) is 0 Å². The van der Waals surface area contributed by atoms with E-state index in [0.29, 0.717) is 6.61 Å². The lowest BCUT2D eigenvalue weighted by molar-refractivity contribution is 0.122. The zero-order chi connectivity index (χ0) is 12.5. The van der Waals surface area contributed by atoms with Crippen molar-refractivity contribution in [1.29, 1.82) is 0 Å². The number of nitrogens with zero attached hydrogens (tertiary/aromatic N) is 1. The summed E-state index contributed by atoms with van der Waals surface area (Å²) in [6.07, 6.45) is 3.66. The van der Waals surface area contributed by atoms with Gasteiger partial charge in [-0.25, -0.2) is 0 Å². The molecule has 18 heavy (non-hydrogen) atoms. The van der Waals surface area contributed by atoms with Crippen LogP contribution in [0.3, 0.4) is 0 Å². The minimum Gasteiger partial charge on any atom is -0.375 e. The Kier molecular flexibility index (Phi) is 5.37. The summed E-state index contributed by atoms with van der Waals surface area (Å²) in [7, 11) is 0. The fourth-order valence-electron chi connectivity index (χ4n) is 1.64. The molecule has 0 bridgehead atoms. The lowest BCUT2D eigenvalue weighted by Gasteiger charge is -2.06. The molecule has 0 unspecified atom stereocenters. The second-order valence-corrected chi connectivity index (χ2v) is 4.08. The summed E-state index contributed by atoms with van der Waals surface area (Å²) in [5.74, 6) is 0. The van der Waals surface area contributed by atoms with Crippen LogP contribution in [0.2, 0.25) is 0 Å². The Labute approximate surface area is 108 Å².